The minimum atomic E-state index is -2.11. The zero-order chi connectivity index (χ0) is 22.1. The second kappa shape index (κ2) is 11.3. The summed E-state index contributed by atoms with van der Waals surface area (Å²) in [5.74, 6) is -1.49. The van der Waals surface area contributed by atoms with Crippen LogP contribution in [0.1, 0.15) is 16.8 Å². The van der Waals surface area contributed by atoms with Crippen molar-refractivity contribution in [2.75, 3.05) is 19.8 Å². The highest BCUT2D eigenvalue weighted by Crippen LogP contribution is 2.23. The predicted octanol–water partition coefficient (Wildman–Crippen LogP) is 4.59. The Kier molecular flexibility index (Phi) is 10.1. The Hall–Kier alpha value is -1.11. The Labute approximate surface area is 178 Å². The number of rotatable bonds is 13. The first-order valence-electron chi connectivity index (χ1n) is 10.1. The van der Waals surface area contributed by atoms with Crippen molar-refractivity contribution in [1.82, 2.24) is 0 Å². The third-order valence-corrected chi connectivity index (χ3v) is 14.0. The zero-order valence-electron chi connectivity index (χ0n) is 18.9. The van der Waals surface area contributed by atoms with E-state index in [1.165, 1.54) is 0 Å². The average Bonchev–Trinajstić information content (AvgIpc) is 2.57. The van der Waals surface area contributed by atoms with Gasteiger partial charge in [-0.2, -0.15) is 0 Å². The van der Waals surface area contributed by atoms with Crippen LogP contribution in [0.5, 0.6) is 0 Å². The Bertz CT molecular complexity index is 656. The van der Waals surface area contributed by atoms with Crippen molar-refractivity contribution >= 4 is 36.9 Å². The highest BCUT2D eigenvalue weighted by molar-refractivity contribution is 6.87. The van der Waals surface area contributed by atoms with Crippen molar-refractivity contribution in [3.8, 4) is 0 Å². The Balaban J connectivity index is 2.21. The molecule has 0 saturated heterocycles. The van der Waals surface area contributed by atoms with Crippen LogP contribution in [0, 0.1) is 0 Å². The number of hydrogen-bond donors (Lipinski definition) is 0. The highest BCUT2D eigenvalue weighted by atomic mass is 28.5. The number of ether oxygens (including phenoxy) is 2. The molecule has 0 unspecified atom stereocenters. The molecule has 0 aromatic heterocycles. The van der Waals surface area contributed by atoms with E-state index in [0.29, 0.717) is 12.2 Å². The predicted molar refractivity (Wildman–Crippen MR) is 122 cm³/mol. The first-order chi connectivity index (χ1) is 13.3. The number of Topliss-reactive ketones (excluding diaryl/α,β-unsaturated/α-hetero) is 1. The van der Waals surface area contributed by atoms with Gasteiger partial charge >= 0.3 is 14.5 Å². The summed E-state index contributed by atoms with van der Waals surface area (Å²) in [6.45, 7) is 16.2. The van der Waals surface area contributed by atoms with E-state index in [4.69, 9.17) is 17.7 Å². The molecular weight excluding hydrogens is 420 g/mol. The number of carbonyl (C=O) groups excluding carboxylic acids is 2. The summed E-state index contributed by atoms with van der Waals surface area (Å²) in [5.41, 5.74) is 0.329. The number of ketones is 1. The van der Waals surface area contributed by atoms with Crippen molar-refractivity contribution in [1.29, 1.82) is 0 Å². The van der Waals surface area contributed by atoms with Crippen LogP contribution in [0.3, 0.4) is 0 Å². The third-order valence-electron chi connectivity index (χ3n) is 3.82. The van der Waals surface area contributed by atoms with E-state index in [9.17, 15) is 9.59 Å². The molecule has 6 nitrogen and oxygen atoms in total. The Morgan fingerprint density at radius 2 is 1.45 bits per heavy atom. The van der Waals surface area contributed by atoms with Crippen LogP contribution in [0.15, 0.2) is 30.3 Å². The monoisotopic (exact) mass is 456 g/mol. The summed E-state index contributed by atoms with van der Waals surface area (Å²) in [7, 11) is -5.56. The lowest BCUT2D eigenvalue weighted by Gasteiger charge is -2.37. The molecule has 0 amide bonds. The molecule has 0 aliphatic heterocycles. The summed E-state index contributed by atoms with van der Waals surface area (Å²) in [5, 5.41) is 0. The quantitative estimate of drug-likeness (QED) is 0.142. The fourth-order valence-electron chi connectivity index (χ4n) is 3.14. The molecule has 0 heterocycles. The maximum Gasteiger partial charge on any atom is 0.379 e. The molecule has 1 rings (SSSR count). The largest absolute Gasteiger partial charge is 0.457 e. The molecule has 0 saturated carbocycles. The lowest BCUT2D eigenvalue weighted by molar-refractivity contribution is -0.139. The van der Waals surface area contributed by atoms with Crippen molar-refractivity contribution in [3.63, 3.8) is 0 Å². The van der Waals surface area contributed by atoms with Crippen molar-refractivity contribution in [2.24, 2.45) is 0 Å². The molecule has 1 aromatic rings. The molecule has 0 spiro atoms. The highest BCUT2D eigenvalue weighted by Gasteiger charge is 2.37. The molecule has 0 fully saturated rings. The molecule has 9 heteroatoms. The minimum absolute atomic E-state index is 0.0682. The summed E-state index contributed by atoms with van der Waals surface area (Å²) < 4.78 is 23.3. The van der Waals surface area contributed by atoms with Gasteiger partial charge in [0.05, 0.1) is 6.61 Å². The fraction of sp³-hybridized carbons (Fsp3) is 0.600. The van der Waals surface area contributed by atoms with E-state index in [2.05, 4.69) is 45.8 Å². The zero-order valence-corrected chi connectivity index (χ0v) is 21.9. The van der Waals surface area contributed by atoms with Gasteiger partial charge in [0.2, 0.25) is 0 Å². The van der Waals surface area contributed by atoms with Crippen LogP contribution in [-0.2, 0) is 22.5 Å². The normalized spacial score (nSPS) is 12.7. The van der Waals surface area contributed by atoms with E-state index in [1.807, 2.05) is 0 Å². The van der Waals surface area contributed by atoms with Gasteiger partial charge in [-0.05, 0) is 58.3 Å². The van der Waals surface area contributed by atoms with Crippen LogP contribution in [0.4, 0.5) is 0 Å². The molecule has 0 aliphatic carbocycles. The number of esters is 1. The smallest absolute Gasteiger partial charge is 0.379 e. The van der Waals surface area contributed by atoms with Crippen molar-refractivity contribution in [3.05, 3.63) is 35.9 Å². The first-order valence-corrected chi connectivity index (χ1v) is 19.4. The van der Waals surface area contributed by atoms with E-state index in [-0.39, 0.29) is 13.2 Å². The molecule has 0 N–H and O–H groups in total. The Morgan fingerprint density at radius 1 is 0.828 bits per heavy atom. The molecule has 0 atom stereocenters. The maximum atomic E-state index is 11.9. The molecular formula is C20H36O6Si3. The maximum absolute atomic E-state index is 11.9. The van der Waals surface area contributed by atoms with Crippen LogP contribution < -0.4 is 0 Å². The van der Waals surface area contributed by atoms with Gasteiger partial charge in [0.1, 0.15) is 6.61 Å². The van der Waals surface area contributed by atoms with Crippen LogP contribution >= 0.6 is 0 Å². The summed E-state index contributed by atoms with van der Waals surface area (Å²) in [4.78, 5) is 23.6. The molecule has 1 aromatic carbocycles. The van der Waals surface area contributed by atoms with E-state index in [0.717, 1.165) is 12.5 Å². The Morgan fingerprint density at radius 3 is 2.03 bits per heavy atom. The molecule has 164 valence electrons. The average molecular weight is 457 g/mol. The summed E-state index contributed by atoms with van der Waals surface area (Å²) >= 11 is 0. The van der Waals surface area contributed by atoms with E-state index >= 15 is 0 Å². The molecule has 0 aliphatic rings. The second-order valence-corrected chi connectivity index (χ2v) is 21.7. The molecule has 0 radical (unpaired) electrons. The standard InChI is InChI=1S/C20H36O6Si3/c1-27(2,3)25-29(6,7)26-28(4,5)17-11-14-23-15-16-24-20(22)19(21)18-12-9-8-10-13-18/h8-10,12-13H,11,14-17H2,1-7H3. The van der Waals surface area contributed by atoms with E-state index < -0.39 is 36.9 Å². The van der Waals surface area contributed by atoms with Gasteiger partial charge in [-0.1, -0.05) is 30.3 Å². The summed E-state index contributed by atoms with van der Waals surface area (Å²) in [6.07, 6.45) is 0.882. The fourth-order valence-corrected chi connectivity index (χ4v) is 16.3. The first kappa shape index (κ1) is 25.9. The minimum Gasteiger partial charge on any atom is -0.457 e. The van der Waals surface area contributed by atoms with Gasteiger partial charge in [-0.3, -0.25) is 4.79 Å². The molecule has 29 heavy (non-hydrogen) atoms. The summed E-state index contributed by atoms with van der Waals surface area (Å²) in [6, 6.07) is 9.36. The van der Waals surface area contributed by atoms with Gasteiger partial charge < -0.3 is 17.7 Å². The number of benzene rings is 1. The van der Waals surface area contributed by atoms with Crippen molar-refractivity contribution < 1.29 is 27.3 Å². The van der Waals surface area contributed by atoms with Crippen molar-refractivity contribution in [2.45, 2.75) is 58.3 Å². The van der Waals surface area contributed by atoms with Gasteiger partial charge in [-0.25, -0.2) is 4.79 Å². The topological polar surface area (TPSA) is 71.1 Å². The number of carbonyl (C=O) groups is 2. The van der Waals surface area contributed by atoms with Crippen LogP contribution in [0.2, 0.25) is 51.9 Å². The van der Waals surface area contributed by atoms with Crippen LogP contribution in [-0.4, -0.2) is 56.8 Å². The second-order valence-electron chi connectivity index (χ2n) is 9.02. The van der Waals surface area contributed by atoms with Gasteiger partial charge in [-0.15, -0.1) is 0 Å². The van der Waals surface area contributed by atoms with E-state index in [1.54, 1.807) is 30.3 Å². The van der Waals surface area contributed by atoms with Gasteiger partial charge in [0, 0.05) is 12.2 Å². The van der Waals surface area contributed by atoms with Crippen LogP contribution in [0.25, 0.3) is 0 Å². The van der Waals surface area contributed by atoms with Gasteiger partial charge in [0.15, 0.2) is 16.6 Å². The van der Waals surface area contributed by atoms with Gasteiger partial charge in [0.25, 0.3) is 5.78 Å². The number of hydrogen-bond acceptors (Lipinski definition) is 6. The lowest BCUT2D eigenvalue weighted by atomic mass is 10.1. The SMILES string of the molecule is C[Si](C)(C)O[Si](C)(C)O[Si](C)(C)CCCOCCOC(=O)C(=O)c1ccccc1. The lowest BCUT2D eigenvalue weighted by Crippen LogP contribution is -2.51. The third kappa shape index (κ3) is 11.6. The molecule has 0 bridgehead atoms.